The van der Waals surface area contributed by atoms with Crippen molar-refractivity contribution in [1.29, 1.82) is 0 Å². The number of hydrogen-bond acceptors (Lipinski definition) is 6. The van der Waals surface area contributed by atoms with E-state index in [-0.39, 0.29) is 5.50 Å². The number of hydrogen-bond donors (Lipinski definition) is 0. The highest BCUT2D eigenvalue weighted by Gasteiger charge is 2.27. The SMILES string of the molecule is CN(c1ncccn1)C1SC=CN1c1ccccn1. The number of thioether (sulfide) groups is 1. The van der Waals surface area contributed by atoms with E-state index in [1.165, 1.54) is 0 Å². The Morgan fingerprint density at radius 1 is 1.11 bits per heavy atom. The van der Waals surface area contributed by atoms with Crippen molar-refractivity contribution in [1.82, 2.24) is 15.0 Å². The molecule has 2 aromatic rings. The average molecular weight is 271 g/mol. The fourth-order valence-corrected chi connectivity index (χ4v) is 2.78. The van der Waals surface area contributed by atoms with Crippen LogP contribution in [-0.2, 0) is 0 Å². The Labute approximate surface area is 116 Å². The Hall–Kier alpha value is -2.08. The van der Waals surface area contributed by atoms with Crippen LogP contribution in [0.4, 0.5) is 11.8 Å². The van der Waals surface area contributed by atoms with Gasteiger partial charge in [0.05, 0.1) is 0 Å². The highest BCUT2D eigenvalue weighted by atomic mass is 32.2. The summed E-state index contributed by atoms with van der Waals surface area (Å²) in [5, 5.41) is 2.05. The van der Waals surface area contributed by atoms with E-state index in [1.54, 1.807) is 30.4 Å². The average Bonchev–Trinajstić information content (AvgIpc) is 2.98. The van der Waals surface area contributed by atoms with Crippen LogP contribution in [0.5, 0.6) is 0 Å². The van der Waals surface area contributed by atoms with Crippen molar-refractivity contribution in [2.45, 2.75) is 5.50 Å². The lowest BCUT2D eigenvalue weighted by atomic mass is 10.4. The van der Waals surface area contributed by atoms with E-state index in [9.17, 15) is 0 Å². The summed E-state index contributed by atoms with van der Waals surface area (Å²) in [5.74, 6) is 1.61. The second kappa shape index (κ2) is 5.27. The molecular formula is C13H13N5S. The fourth-order valence-electron chi connectivity index (χ4n) is 1.86. The van der Waals surface area contributed by atoms with Gasteiger partial charge in [-0.2, -0.15) is 0 Å². The van der Waals surface area contributed by atoms with Crippen LogP contribution in [0, 0.1) is 0 Å². The zero-order valence-corrected chi connectivity index (χ0v) is 11.2. The minimum atomic E-state index is 0.0808. The van der Waals surface area contributed by atoms with Crippen LogP contribution >= 0.6 is 11.8 Å². The number of nitrogens with zero attached hydrogens (tertiary/aromatic N) is 5. The van der Waals surface area contributed by atoms with Gasteiger partial charge in [-0.3, -0.25) is 0 Å². The summed E-state index contributed by atoms with van der Waals surface area (Å²) in [6.07, 6.45) is 7.31. The molecule has 96 valence electrons. The highest BCUT2D eigenvalue weighted by Crippen LogP contribution is 2.32. The van der Waals surface area contributed by atoms with Gasteiger partial charge in [0.25, 0.3) is 0 Å². The molecule has 3 rings (SSSR count). The molecule has 19 heavy (non-hydrogen) atoms. The van der Waals surface area contributed by atoms with Crippen LogP contribution in [0.1, 0.15) is 0 Å². The maximum absolute atomic E-state index is 4.38. The van der Waals surface area contributed by atoms with Crippen LogP contribution in [-0.4, -0.2) is 27.5 Å². The summed E-state index contributed by atoms with van der Waals surface area (Å²) in [4.78, 5) is 17.1. The lowest BCUT2D eigenvalue weighted by Crippen LogP contribution is -2.40. The standard InChI is InChI=1S/C13H13N5S/c1-17(12-15-7-4-8-16-12)13-18(9-10-19-13)11-5-2-3-6-14-11/h2-10,13H,1H3. The van der Waals surface area contributed by atoms with E-state index < -0.39 is 0 Å². The van der Waals surface area contributed by atoms with Crippen molar-refractivity contribution in [2.75, 3.05) is 16.8 Å². The molecule has 0 amide bonds. The third-order valence-electron chi connectivity index (χ3n) is 2.77. The van der Waals surface area contributed by atoms with E-state index in [1.807, 2.05) is 42.4 Å². The predicted molar refractivity (Wildman–Crippen MR) is 77.7 cm³/mol. The zero-order valence-electron chi connectivity index (χ0n) is 10.4. The summed E-state index contributed by atoms with van der Waals surface area (Å²) >= 11 is 1.70. The van der Waals surface area contributed by atoms with Crippen LogP contribution in [0.2, 0.25) is 0 Å². The second-order valence-electron chi connectivity index (χ2n) is 4.00. The van der Waals surface area contributed by atoms with Crippen molar-refractivity contribution in [3.63, 3.8) is 0 Å². The van der Waals surface area contributed by atoms with Crippen molar-refractivity contribution < 1.29 is 0 Å². The topological polar surface area (TPSA) is 45.2 Å². The molecule has 1 aliphatic heterocycles. The molecule has 2 aromatic heterocycles. The van der Waals surface area contributed by atoms with E-state index >= 15 is 0 Å². The van der Waals surface area contributed by atoms with E-state index in [0.29, 0.717) is 5.95 Å². The van der Waals surface area contributed by atoms with Gasteiger partial charge in [-0.1, -0.05) is 17.8 Å². The molecule has 5 nitrogen and oxygen atoms in total. The molecule has 0 spiro atoms. The lowest BCUT2D eigenvalue weighted by Gasteiger charge is -2.31. The molecular weight excluding hydrogens is 258 g/mol. The molecule has 6 heteroatoms. The Balaban J connectivity index is 1.85. The Bertz CT molecular complexity index is 560. The van der Waals surface area contributed by atoms with Gasteiger partial charge >= 0.3 is 0 Å². The number of anilines is 2. The maximum Gasteiger partial charge on any atom is 0.227 e. The quantitative estimate of drug-likeness (QED) is 0.853. The van der Waals surface area contributed by atoms with Crippen molar-refractivity contribution in [2.24, 2.45) is 0 Å². The van der Waals surface area contributed by atoms with Crippen molar-refractivity contribution >= 4 is 23.5 Å². The minimum Gasteiger partial charge on any atom is -0.314 e. The zero-order chi connectivity index (χ0) is 13.1. The third kappa shape index (κ3) is 2.39. The van der Waals surface area contributed by atoms with Gasteiger partial charge in [-0.25, -0.2) is 15.0 Å². The van der Waals surface area contributed by atoms with Crippen LogP contribution in [0.3, 0.4) is 0 Å². The van der Waals surface area contributed by atoms with Gasteiger partial charge in [-0.05, 0) is 23.6 Å². The Morgan fingerprint density at radius 3 is 2.63 bits per heavy atom. The summed E-state index contributed by atoms with van der Waals surface area (Å²) in [5.41, 5.74) is 0.0808. The largest absolute Gasteiger partial charge is 0.314 e. The molecule has 1 aliphatic rings. The fraction of sp³-hybridized carbons (Fsp3) is 0.154. The summed E-state index contributed by atoms with van der Waals surface area (Å²) < 4.78 is 0. The molecule has 0 fully saturated rings. The molecule has 0 N–H and O–H groups in total. The highest BCUT2D eigenvalue weighted by molar-refractivity contribution is 8.03. The molecule has 0 bridgehead atoms. The predicted octanol–water partition coefficient (Wildman–Crippen LogP) is 2.32. The van der Waals surface area contributed by atoms with Crippen LogP contribution in [0.15, 0.2) is 54.5 Å². The van der Waals surface area contributed by atoms with Gasteiger partial charge in [0.15, 0.2) is 5.50 Å². The first-order valence-electron chi connectivity index (χ1n) is 5.87. The molecule has 0 saturated heterocycles. The van der Waals surface area contributed by atoms with Crippen LogP contribution < -0.4 is 9.80 Å². The van der Waals surface area contributed by atoms with Gasteiger partial charge in [-0.15, -0.1) is 0 Å². The smallest absolute Gasteiger partial charge is 0.227 e. The van der Waals surface area contributed by atoms with E-state index in [2.05, 4.69) is 25.3 Å². The first kappa shape index (κ1) is 12.0. The lowest BCUT2D eigenvalue weighted by molar-refractivity contribution is 0.795. The van der Waals surface area contributed by atoms with E-state index in [4.69, 9.17) is 0 Å². The Kier molecular flexibility index (Phi) is 3.33. The first-order chi connectivity index (χ1) is 9.36. The van der Waals surface area contributed by atoms with Gasteiger partial charge in [0.1, 0.15) is 5.82 Å². The third-order valence-corrected chi connectivity index (χ3v) is 3.84. The summed E-state index contributed by atoms with van der Waals surface area (Å²) in [6, 6.07) is 7.70. The number of rotatable bonds is 3. The molecule has 0 radical (unpaired) electrons. The normalized spacial score (nSPS) is 17.7. The minimum absolute atomic E-state index is 0.0808. The van der Waals surface area contributed by atoms with Gasteiger partial charge in [0, 0.05) is 31.8 Å². The van der Waals surface area contributed by atoms with Crippen LogP contribution in [0.25, 0.3) is 0 Å². The maximum atomic E-state index is 4.38. The molecule has 3 heterocycles. The first-order valence-corrected chi connectivity index (χ1v) is 6.82. The van der Waals surface area contributed by atoms with Gasteiger partial charge in [0.2, 0.25) is 5.95 Å². The summed E-state index contributed by atoms with van der Waals surface area (Å²) in [7, 11) is 1.98. The second-order valence-corrected chi connectivity index (χ2v) is 4.97. The molecule has 0 aliphatic carbocycles. The van der Waals surface area contributed by atoms with Crippen molar-refractivity contribution in [3.05, 3.63) is 54.5 Å². The number of aromatic nitrogens is 3. The van der Waals surface area contributed by atoms with E-state index in [0.717, 1.165) is 5.82 Å². The molecule has 0 saturated carbocycles. The molecule has 1 unspecified atom stereocenters. The molecule has 1 atom stereocenters. The summed E-state index contributed by atoms with van der Waals surface area (Å²) in [6.45, 7) is 0. The van der Waals surface area contributed by atoms with Gasteiger partial charge < -0.3 is 9.80 Å². The van der Waals surface area contributed by atoms with Crippen molar-refractivity contribution in [3.8, 4) is 0 Å². The monoisotopic (exact) mass is 271 g/mol. The Morgan fingerprint density at radius 2 is 1.89 bits per heavy atom. The number of pyridine rings is 1. The molecule has 0 aromatic carbocycles.